The summed E-state index contributed by atoms with van der Waals surface area (Å²) in [6, 6.07) is 5.03. The Kier molecular flexibility index (Phi) is 4.39. The van der Waals surface area contributed by atoms with Crippen LogP contribution in [0.4, 0.5) is 13.2 Å². The van der Waals surface area contributed by atoms with Crippen molar-refractivity contribution in [1.82, 2.24) is 4.98 Å². The number of halogens is 3. The van der Waals surface area contributed by atoms with Crippen LogP contribution in [0.1, 0.15) is 37.3 Å². The molecule has 0 aliphatic carbocycles. The van der Waals surface area contributed by atoms with Gasteiger partial charge in [-0.1, -0.05) is 26.0 Å². The Morgan fingerprint density at radius 1 is 1.10 bits per heavy atom. The molecule has 0 spiro atoms. The van der Waals surface area contributed by atoms with Crippen LogP contribution in [-0.2, 0) is 11.7 Å². The Balaban J connectivity index is 2.30. The van der Waals surface area contributed by atoms with E-state index in [4.69, 9.17) is 5.73 Å². The summed E-state index contributed by atoms with van der Waals surface area (Å²) >= 11 is 1.45. The zero-order valence-corrected chi connectivity index (χ0v) is 12.7. The second-order valence-electron chi connectivity index (χ2n) is 4.98. The van der Waals surface area contributed by atoms with Gasteiger partial charge in [-0.25, -0.2) is 4.98 Å². The summed E-state index contributed by atoms with van der Waals surface area (Å²) in [5.74, 6) is 0. The van der Waals surface area contributed by atoms with Crippen LogP contribution >= 0.6 is 11.3 Å². The van der Waals surface area contributed by atoms with Gasteiger partial charge in [0.05, 0.1) is 16.8 Å². The number of hydrogen-bond donors (Lipinski definition) is 1. The SMILES string of the molecule is CCC(N)(CC)c1nc(-c2ccc(C(F)(F)F)cc2)cs1. The van der Waals surface area contributed by atoms with Crippen LogP contribution in [0.25, 0.3) is 11.3 Å². The Hall–Kier alpha value is -1.40. The lowest BCUT2D eigenvalue weighted by Crippen LogP contribution is -2.34. The molecule has 0 saturated carbocycles. The molecule has 114 valence electrons. The predicted octanol–water partition coefficient (Wildman–Crippen LogP) is 4.80. The zero-order chi connectivity index (χ0) is 15.7. The van der Waals surface area contributed by atoms with Crippen LogP contribution in [-0.4, -0.2) is 4.98 Å². The van der Waals surface area contributed by atoms with Gasteiger partial charge in [0.15, 0.2) is 0 Å². The molecule has 0 amide bonds. The first-order valence-electron chi connectivity index (χ1n) is 6.72. The average Bonchev–Trinajstić information content (AvgIpc) is 2.96. The molecule has 0 aliphatic rings. The van der Waals surface area contributed by atoms with Crippen LogP contribution in [0.5, 0.6) is 0 Å². The van der Waals surface area contributed by atoms with Crippen molar-refractivity contribution in [3.63, 3.8) is 0 Å². The van der Waals surface area contributed by atoms with E-state index in [1.54, 1.807) is 0 Å². The summed E-state index contributed by atoms with van der Waals surface area (Å²) in [5, 5.41) is 2.66. The van der Waals surface area contributed by atoms with Gasteiger partial charge in [-0.2, -0.15) is 13.2 Å². The predicted molar refractivity (Wildman–Crippen MR) is 79.0 cm³/mol. The summed E-state index contributed by atoms with van der Waals surface area (Å²) in [6.07, 6.45) is -2.78. The summed E-state index contributed by atoms with van der Waals surface area (Å²) in [7, 11) is 0. The molecule has 0 saturated heterocycles. The topological polar surface area (TPSA) is 38.9 Å². The third-order valence-electron chi connectivity index (χ3n) is 3.70. The van der Waals surface area contributed by atoms with Crippen LogP contribution in [0.3, 0.4) is 0 Å². The average molecular weight is 314 g/mol. The lowest BCUT2D eigenvalue weighted by atomic mass is 9.95. The maximum Gasteiger partial charge on any atom is 0.416 e. The highest BCUT2D eigenvalue weighted by Crippen LogP contribution is 2.33. The molecule has 2 nitrogen and oxygen atoms in total. The second kappa shape index (κ2) is 5.77. The van der Waals surface area contributed by atoms with Crippen molar-refractivity contribution in [3.8, 4) is 11.3 Å². The smallest absolute Gasteiger partial charge is 0.319 e. The van der Waals surface area contributed by atoms with E-state index in [9.17, 15) is 13.2 Å². The highest BCUT2D eigenvalue weighted by molar-refractivity contribution is 7.10. The molecule has 0 bridgehead atoms. The molecule has 0 unspecified atom stereocenters. The van der Waals surface area contributed by atoms with E-state index in [1.807, 2.05) is 19.2 Å². The maximum atomic E-state index is 12.5. The molecule has 0 aliphatic heterocycles. The molecule has 0 radical (unpaired) electrons. The Bertz CT molecular complexity index is 598. The molecule has 1 aromatic carbocycles. The van der Waals surface area contributed by atoms with Crippen molar-refractivity contribution in [1.29, 1.82) is 0 Å². The van der Waals surface area contributed by atoms with Gasteiger partial charge in [0, 0.05) is 10.9 Å². The number of aromatic nitrogens is 1. The number of nitrogens with zero attached hydrogens (tertiary/aromatic N) is 1. The lowest BCUT2D eigenvalue weighted by molar-refractivity contribution is -0.137. The molecular formula is C15H17F3N2S. The van der Waals surface area contributed by atoms with Crippen molar-refractivity contribution in [2.45, 2.75) is 38.4 Å². The molecule has 1 aromatic heterocycles. The molecular weight excluding hydrogens is 297 g/mol. The van der Waals surface area contributed by atoms with Gasteiger partial charge >= 0.3 is 6.18 Å². The molecule has 0 atom stereocenters. The minimum Gasteiger partial charge on any atom is -0.319 e. The van der Waals surface area contributed by atoms with Crippen molar-refractivity contribution in [2.24, 2.45) is 5.73 Å². The summed E-state index contributed by atoms with van der Waals surface area (Å²) in [4.78, 5) is 4.50. The van der Waals surface area contributed by atoms with Crippen LogP contribution in [0.15, 0.2) is 29.6 Å². The normalized spacial score (nSPS) is 12.7. The summed E-state index contributed by atoms with van der Waals surface area (Å²) < 4.78 is 37.6. The number of alkyl halides is 3. The van der Waals surface area contributed by atoms with Gasteiger partial charge in [-0.3, -0.25) is 0 Å². The van der Waals surface area contributed by atoms with Crippen molar-refractivity contribution in [3.05, 3.63) is 40.2 Å². The highest BCUT2D eigenvalue weighted by Gasteiger charge is 2.30. The summed E-state index contributed by atoms with van der Waals surface area (Å²) in [6.45, 7) is 4.01. The van der Waals surface area contributed by atoms with E-state index in [1.165, 1.54) is 23.5 Å². The second-order valence-corrected chi connectivity index (χ2v) is 5.83. The van der Waals surface area contributed by atoms with Gasteiger partial charge < -0.3 is 5.73 Å². The summed E-state index contributed by atoms with van der Waals surface area (Å²) in [5.41, 5.74) is 6.50. The van der Waals surface area contributed by atoms with E-state index in [2.05, 4.69) is 4.98 Å². The van der Waals surface area contributed by atoms with Gasteiger partial charge in [-0.05, 0) is 25.0 Å². The molecule has 2 aromatic rings. The fourth-order valence-corrected chi connectivity index (χ4v) is 3.10. The largest absolute Gasteiger partial charge is 0.416 e. The molecule has 2 rings (SSSR count). The number of rotatable bonds is 4. The zero-order valence-electron chi connectivity index (χ0n) is 11.9. The fraction of sp³-hybridized carbons (Fsp3) is 0.400. The van der Waals surface area contributed by atoms with Crippen molar-refractivity contribution >= 4 is 11.3 Å². The molecule has 0 fully saturated rings. The van der Waals surface area contributed by atoms with E-state index in [-0.39, 0.29) is 0 Å². The van der Waals surface area contributed by atoms with Gasteiger partial charge in [-0.15, -0.1) is 11.3 Å². The third kappa shape index (κ3) is 3.27. The fourth-order valence-electron chi connectivity index (χ4n) is 2.02. The van der Waals surface area contributed by atoms with Crippen molar-refractivity contribution < 1.29 is 13.2 Å². The van der Waals surface area contributed by atoms with Crippen LogP contribution in [0.2, 0.25) is 0 Å². The van der Waals surface area contributed by atoms with Crippen LogP contribution < -0.4 is 5.73 Å². The quantitative estimate of drug-likeness (QED) is 0.880. The number of thiazole rings is 1. The standard InChI is InChI=1S/C15H17F3N2S/c1-3-14(19,4-2)13-20-12(9-21-13)10-5-7-11(8-6-10)15(16,17)18/h5-9H,3-4,19H2,1-2H3. The van der Waals surface area contributed by atoms with E-state index >= 15 is 0 Å². The number of hydrogen-bond acceptors (Lipinski definition) is 3. The molecule has 21 heavy (non-hydrogen) atoms. The van der Waals surface area contributed by atoms with E-state index in [0.29, 0.717) is 11.3 Å². The highest BCUT2D eigenvalue weighted by atomic mass is 32.1. The molecule has 2 N–H and O–H groups in total. The lowest BCUT2D eigenvalue weighted by Gasteiger charge is -2.23. The number of benzene rings is 1. The third-order valence-corrected chi connectivity index (χ3v) is 4.76. The maximum absolute atomic E-state index is 12.5. The molecule has 1 heterocycles. The van der Waals surface area contributed by atoms with Gasteiger partial charge in [0.1, 0.15) is 5.01 Å². The first kappa shape index (κ1) is 16.0. The van der Waals surface area contributed by atoms with Crippen LogP contribution in [0, 0.1) is 0 Å². The Labute approximate surface area is 125 Å². The Morgan fingerprint density at radius 2 is 1.67 bits per heavy atom. The minimum atomic E-state index is -4.32. The number of nitrogens with two attached hydrogens (primary N) is 1. The van der Waals surface area contributed by atoms with E-state index in [0.717, 1.165) is 30.0 Å². The van der Waals surface area contributed by atoms with E-state index < -0.39 is 17.3 Å². The first-order chi connectivity index (χ1) is 9.80. The minimum absolute atomic E-state index is 0.463. The molecule has 6 heteroatoms. The first-order valence-corrected chi connectivity index (χ1v) is 7.60. The monoisotopic (exact) mass is 314 g/mol. The van der Waals surface area contributed by atoms with Gasteiger partial charge in [0.25, 0.3) is 0 Å². The van der Waals surface area contributed by atoms with Crippen molar-refractivity contribution in [2.75, 3.05) is 0 Å². The Morgan fingerprint density at radius 3 is 2.14 bits per heavy atom. The van der Waals surface area contributed by atoms with Gasteiger partial charge in [0.2, 0.25) is 0 Å².